The molecule has 1 atom stereocenters. The van der Waals surface area contributed by atoms with Crippen molar-refractivity contribution in [1.82, 2.24) is 10.2 Å². The maximum atomic E-state index is 13.2. The predicted octanol–water partition coefficient (Wildman–Crippen LogP) is 4.00. The molecule has 2 rings (SSSR count). The molecule has 0 fully saturated rings. The second kappa shape index (κ2) is 10.9. The lowest BCUT2D eigenvalue weighted by molar-refractivity contribution is -0.138. The molecule has 2 aromatic rings. The van der Waals surface area contributed by atoms with Gasteiger partial charge in [-0.25, -0.2) is 4.39 Å². The minimum absolute atomic E-state index is 0.00909. The molecule has 0 saturated heterocycles. The van der Waals surface area contributed by atoms with Crippen LogP contribution >= 0.6 is 11.8 Å². The smallest absolute Gasteiger partial charge is 0.242 e. The van der Waals surface area contributed by atoms with Gasteiger partial charge < -0.3 is 10.2 Å². The van der Waals surface area contributed by atoms with Gasteiger partial charge in [-0.1, -0.05) is 42.5 Å². The number of rotatable bonds is 9. The van der Waals surface area contributed by atoms with E-state index in [1.165, 1.54) is 23.9 Å². The van der Waals surface area contributed by atoms with E-state index >= 15 is 0 Å². The zero-order valence-corrected chi connectivity index (χ0v) is 17.3. The minimum Gasteiger partial charge on any atom is -0.352 e. The summed E-state index contributed by atoms with van der Waals surface area (Å²) in [6.07, 6.45) is 0. The summed E-state index contributed by atoms with van der Waals surface area (Å²) in [6, 6.07) is 15.3. The highest BCUT2D eigenvalue weighted by atomic mass is 32.2. The van der Waals surface area contributed by atoms with E-state index in [4.69, 9.17) is 0 Å². The zero-order valence-electron chi connectivity index (χ0n) is 16.5. The molecule has 2 amide bonds. The van der Waals surface area contributed by atoms with Gasteiger partial charge in [-0.3, -0.25) is 9.59 Å². The summed E-state index contributed by atoms with van der Waals surface area (Å²) in [5, 5.41) is 2.86. The number of thioether (sulfide) groups is 1. The van der Waals surface area contributed by atoms with Crippen LogP contribution in [0.3, 0.4) is 0 Å². The summed E-state index contributed by atoms with van der Waals surface area (Å²) in [7, 11) is 0. The molecule has 1 N–H and O–H groups in total. The fourth-order valence-electron chi connectivity index (χ4n) is 2.69. The van der Waals surface area contributed by atoms with E-state index in [1.54, 1.807) is 24.0 Å². The molecule has 0 spiro atoms. The summed E-state index contributed by atoms with van der Waals surface area (Å²) in [5.74, 6) is 0.361. The average Bonchev–Trinajstić information content (AvgIpc) is 2.67. The zero-order chi connectivity index (χ0) is 20.5. The van der Waals surface area contributed by atoms with Crippen LogP contribution in [-0.4, -0.2) is 34.6 Å². The fraction of sp³-hybridized carbons (Fsp3) is 0.364. The molecular weight excluding hydrogens is 375 g/mol. The molecule has 0 saturated carbocycles. The third kappa shape index (κ3) is 7.00. The summed E-state index contributed by atoms with van der Waals surface area (Å²) in [5.41, 5.74) is 1.93. The van der Waals surface area contributed by atoms with Crippen molar-refractivity contribution in [3.63, 3.8) is 0 Å². The number of hydrogen-bond acceptors (Lipinski definition) is 3. The Kier molecular flexibility index (Phi) is 8.51. The Morgan fingerprint density at radius 2 is 1.64 bits per heavy atom. The maximum Gasteiger partial charge on any atom is 0.242 e. The lowest BCUT2D eigenvalue weighted by Gasteiger charge is -2.29. The second-order valence-corrected chi connectivity index (χ2v) is 7.95. The van der Waals surface area contributed by atoms with Gasteiger partial charge in [-0.05, 0) is 44.0 Å². The normalized spacial score (nSPS) is 11.9. The summed E-state index contributed by atoms with van der Waals surface area (Å²) >= 11 is 1.52. The van der Waals surface area contributed by atoms with Crippen LogP contribution in [0.1, 0.15) is 31.9 Å². The number of benzene rings is 2. The van der Waals surface area contributed by atoms with E-state index in [-0.39, 0.29) is 36.0 Å². The maximum absolute atomic E-state index is 13.2. The molecule has 0 aliphatic rings. The number of nitrogens with zero attached hydrogens (tertiary/aromatic N) is 1. The Labute approximate surface area is 170 Å². The van der Waals surface area contributed by atoms with E-state index in [1.807, 2.05) is 44.2 Å². The van der Waals surface area contributed by atoms with Crippen LogP contribution in [0.15, 0.2) is 54.6 Å². The molecule has 0 heterocycles. The predicted molar refractivity (Wildman–Crippen MR) is 112 cm³/mol. The molecule has 4 nitrogen and oxygen atoms in total. The van der Waals surface area contributed by atoms with Crippen molar-refractivity contribution in [2.75, 3.05) is 5.75 Å². The highest BCUT2D eigenvalue weighted by Crippen LogP contribution is 2.16. The van der Waals surface area contributed by atoms with Crippen LogP contribution < -0.4 is 5.32 Å². The van der Waals surface area contributed by atoms with Gasteiger partial charge in [0.25, 0.3) is 0 Å². The van der Waals surface area contributed by atoms with Crippen molar-refractivity contribution in [3.8, 4) is 0 Å². The lowest BCUT2D eigenvalue weighted by Crippen LogP contribution is -2.49. The number of hydrogen-bond donors (Lipinski definition) is 1. The van der Waals surface area contributed by atoms with Gasteiger partial charge >= 0.3 is 0 Å². The molecular formula is C22H27FN2O2S. The van der Waals surface area contributed by atoms with Gasteiger partial charge in [0.15, 0.2) is 0 Å². The number of halogens is 1. The quantitative estimate of drug-likeness (QED) is 0.690. The van der Waals surface area contributed by atoms with Gasteiger partial charge in [-0.2, -0.15) is 0 Å². The molecule has 2 aromatic carbocycles. The molecule has 0 radical (unpaired) electrons. The van der Waals surface area contributed by atoms with E-state index < -0.39 is 6.04 Å². The topological polar surface area (TPSA) is 49.4 Å². The van der Waals surface area contributed by atoms with Crippen LogP contribution in [0.4, 0.5) is 4.39 Å². The van der Waals surface area contributed by atoms with Crippen molar-refractivity contribution in [1.29, 1.82) is 0 Å². The molecule has 0 bridgehead atoms. The Morgan fingerprint density at radius 3 is 2.25 bits per heavy atom. The Hall–Kier alpha value is -2.34. The number of amides is 2. The standard InChI is InChI=1S/C22H27FN2O2S/c1-16(2)24-22(27)17(3)25(13-18-9-11-20(23)12-10-18)21(26)15-28-14-19-7-5-4-6-8-19/h4-12,16-17H,13-15H2,1-3H3,(H,24,27). The van der Waals surface area contributed by atoms with Crippen molar-refractivity contribution in [2.24, 2.45) is 0 Å². The van der Waals surface area contributed by atoms with Gasteiger partial charge in [0.05, 0.1) is 5.75 Å². The Bertz CT molecular complexity index is 766. The van der Waals surface area contributed by atoms with Crippen molar-refractivity contribution >= 4 is 23.6 Å². The summed E-state index contributed by atoms with van der Waals surface area (Å²) in [6.45, 7) is 5.75. The largest absolute Gasteiger partial charge is 0.352 e. The first kappa shape index (κ1) is 22.0. The average molecular weight is 403 g/mol. The summed E-state index contributed by atoms with van der Waals surface area (Å²) in [4.78, 5) is 26.9. The van der Waals surface area contributed by atoms with E-state index in [2.05, 4.69) is 5.32 Å². The Balaban J connectivity index is 2.05. The van der Waals surface area contributed by atoms with Gasteiger partial charge in [-0.15, -0.1) is 11.8 Å². The van der Waals surface area contributed by atoms with Crippen LogP contribution in [0.25, 0.3) is 0 Å². The highest BCUT2D eigenvalue weighted by molar-refractivity contribution is 7.99. The van der Waals surface area contributed by atoms with Gasteiger partial charge in [0.2, 0.25) is 11.8 Å². The Morgan fingerprint density at radius 1 is 1.00 bits per heavy atom. The van der Waals surface area contributed by atoms with Crippen molar-refractivity contribution in [3.05, 3.63) is 71.5 Å². The van der Waals surface area contributed by atoms with E-state index in [0.717, 1.165) is 16.9 Å². The molecule has 150 valence electrons. The number of nitrogens with one attached hydrogen (secondary N) is 1. The monoisotopic (exact) mass is 402 g/mol. The van der Waals surface area contributed by atoms with Crippen LogP contribution in [-0.2, 0) is 21.9 Å². The van der Waals surface area contributed by atoms with Crippen molar-refractivity contribution in [2.45, 2.75) is 45.2 Å². The van der Waals surface area contributed by atoms with E-state index in [0.29, 0.717) is 0 Å². The van der Waals surface area contributed by atoms with Crippen molar-refractivity contribution < 1.29 is 14.0 Å². The SMILES string of the molecule is CC(C)NC(=O)C(C)N(Cc1ccc(F)cc1)C(=O)CSCc1ccccc1. The lowest BCUT2D eigenvalue weighted by atomic mass is 10.1. The molecule has 0 aliphatic carbocycles. The van der Waals surface area contributed by atoms with Gasteiger partial charge in [0, 0.05) is 18.3 Å². The molecule has 0 aliphatic heterocycles. The second-order valence-electron chi connectivity index (χ2n) is 6.97. The first-order valence-corrected chi connectivity index (χ1v) is 10.5. The number of carbonyl (C=O) groups excluding carboxylic acids is 2. The van der Waals surface area contributed by atoms with E-state index in [9.17, 15) is 14.0 Å². The highest BCUT2D eigenvalue weighted by Gasteiger charge is 2.26. The first-order chi connectivity index (χ1) is 13.4. The first-order valence-electron chi connectivity index (χ1n) is 9.32. The number of carbonyl (C=O) groups is 2. The third-order valence-corrected chi connectivity index (χ3v) is 5.19. The summed E-state index contributed by atoms with van der Waals surface area (Å²) < 4.78 is 13.2. The minimum atomic E-state index is -0.614. The van der Waals surface area contributed by atoms with Crippen LogP contribution in [0, 0.1) is 5.82 Å². The fourth-order valence-corrected chi connectivity index (χ4v) is 3.56. The molecule has 28 heavy (non-hydrogen) atoms. The molecule has 1 unspecified atom stereocenters. The molecule has 6 heteroatoms. The van der Waals surface area contributed by atoms with Crippen LogP contribution in [0.5, 0.6) is 0 Å². The van der Waals surface area contributed by atoms with Crippen LogP contribution in [0.2, 0.25) is 0 Å². The molecule has 0 aromatic heterocycles. The van der Waals surface area contributed by atoms with Gasteiger partial charge in [0.1, 0.15) is 11.9 Å². The third-order valence-electron chi connectivity index (χ3n) is 4.20.